The third-order valence-corrected chi connectivity index (χ3v) is 7.62. The van der Waals surface area contributed by atoms with E-state index >= 15 is 0 Å². The van der Waals surface area contributed by atoms with Crippen molar-refractivity contribution in [2.24, 2.45) is 5.92 Å². The van der Waals surface area contributed by atoms with Gasteiger partial charge in [-0.25, -0.2) is 15.0 Å². The van der Waals surface area contributed by atoms with E-state index < -0.39 is 10.7 Å². The van der Waals surface area contributed by atoms with Crippen molar-refractivity contribution in [1.29, 1.82) is 0 Å². The molecule has 0 unspecified atom stereocenters. The number of anilines is 1. The molecule has 0 aliphatic heterocycles. The maximum atomic E-state index is 11.4. The Morgan fingerprint density at radius 1 is 1.12 bits per heavy atom. The monoisotopic (exact) mass is 498 g/mol. The fraction of sp³-hybridized carbons (Fsp3) is 0.462. The van der Waals surface area contributed by atoms with E-state index in [1.54, 1.807) is 13.8 Å². The molecule has 34 heavy (non-hydrogen) atoms. The number of aliphatic carboxylic acids is 1. The summed E-state index contributed by atoms with van der Waals surface area (Å²) in [5.41, 5.74) is 4.64. The first kappa shape index (κ1) is 26.2. The number of carbonyl (C=O) groups is 1. The van der Waals surface area contributed by atoms with Gasteiger partial charge >= 0.3 is 5.97 Å². The quantitative estimate of drug-likeness (QED) is 0.312. The molecule has 182 valence electrons. The number of thioether (sulfide) groups is 1. The summed E-state index contributed by atoms with van der Waals surface area (Å²) in [5, 5.41) is 11.4. The summed E-state index contributed by atoms with van der Waals surface area (Å²) in [6, 6.07) is 8.80. The van der Waals surface area contributed by atoms with Crippen molar-refractivity contribution in [3.63, 3.8) is 0 Å². The van der Waals surface area contributed by atoms with Crippen LogP contribution in [0.3, 0.4) is 0 Å². The second-order valence-corrected chi connectivity index (χ2v) is 12.1. The normalized spacial score (nSPS) is 11.7. The van der Waals surface area contributed by atoms with Gasteiger partial charge in [-0.15, -0.1) is 11.3 Å². The van der Waals surface area contributed by atoms with E-state index in [0.717, 1.165) is 41.4 Å². The second-order valence-electron chi connectivity index (χ2n) is 9.35. The zero-order valence-corrected chi connectivity index (χ0v) is 22.2. The van der Waals surface area contributed by atoms with Crippen molar-refractivity contribution in [2.75, 3.05) is 11.4 Å². The highest BCUT2D eigenvalue weighted by Gasteiger charge is 2.29. The van der Waals surface area contributed by atoms with Crippen LogP contribution < -0.4 is 4.90 Å². The number of benzene rings is 1. The van der Waals surface area contributed by atoms with Crippen LogP contribution in [0.4, 0.5) is 5.95 Å². The Labute approximate surface area is 210 Å². The highest BCUT2D eigenvalue weighted by Crippen LogP contribution is 2.34. The molecule has 2 heterocycles. The molecule has 0 spiro atoms. The second kappa shape index (κ2) is 11.8. The molecule has 0 saturated heterocycles. The average Bonchev–Trinajstić information content (AvgIpc) is 3.24. The van der Waals surface area contributed by atoms with E-state index in [1.807, 2.05) is 17.8 Å². The lowest BCUT2D eigenvalue weighted by molar-refractivity contribution is -0.138. The predicted octanol–water partition coefficient (Wildman–Crippen LogP) is 5.90. The first-order valence-electron chi connectivity index (χ1n) is 11.7. The van der Waals surface area contributed by atoms with Gasteiger partial charge in [-0.05, 0) is 49.3 Å². The molecule has 0 fully saturated rings. The van der Waals surface area contributed by atoms with Crippen molar-refractivity contribution in [3.05, 3.63) is 64.4 Å². The summed E-state index contributed by atoms with van der Waals surface area (Å²) in [7, 11) is 0. The smallest absolute Gasteiger partial charge is 0.319 e. The number of rotatable bonds is 12. The Morgan fingerprint density at radius 3 is 2.35 bits per heavy atom. The minimum Gasteiger partial charge on any atom is -0.480 e. The summed E-state index contributed by atoms with van der Waals surface area (Å²) in [5.74, 6) is 0.503. The summed E-state index contributed by atoms with van der Waals surface area (Å²) < 4.78 is -0.129. The summed E-state index contributed by atoms with van der Waals surface area (Å²) in [6.45, 7) is 11.4. The molecule has 6 nitrogen and oxygen atoms in total. The maximum absolute atomic E-state index is 11.4. The van der Waals surface area contributed by atoms with Crippen LogP contribution >= 0.6 is 23.1 Å². The van der Waals surface area contributed by atoms with E-state index in [2.05, 4.69) is 64.9 Å². The van der Waals surface area contributed by atoms with Gasteiger partial charge in [0.15, 0.2) is 4.34 Å². The van der Waals surface area contributed by atoms with Gasteiger partial charge in [0.1, 0.15) is 4.75 Å². The molecular formula is C26H34N4O2S2. The highest BCUT2D eigenvalue weighted by atomic mass is 32.2. The van der Waals surface area contributed by atoms with Gasteiger partial charge in [0, 0.05) is 37.3 Å². The van der Waals surface area contributed by atoms with E-state index in [9.17, 15) is 9.90 Å². The topological polar surface area (TPSA) is 79.2 Å². The van der Waals surface area contributed by atoms with Gasteiger partial charge in [0.25, 0.3) is 0 Å². The number of hydrogen-bond donors (Lipinski definition) is 1. The fourth-order valence-corrected chi connectivity index (χ4v) is 5.60. The first-order valence-corrected chi connectivity index (χ1v) is 13.4. The summed E-state index contributed by atoms with van der Waals surface area (Å²) >= 11 is 2.78. The lowest BCUT2D eigenvalue weighted by Crippen LogP contribution is -2.27. The van der Waals surface area contributed by atoms with Crippen LogP contribution in [0.2, 0.25) is 0 Å². The Kier molecular flexibility index (Phi) is 9.08. The number of thiazole rings is 1. The number of nitrogens with zero attached hydrogens (tertiary/aromatic N) is 4. The number of hydrogen-bond acceptors (Lipinski definition) is 7. The summed E-state index contributed by atoms with van der Waals surface area (Å²) in [4.78, 5) is 27.5. The Balaban J connectivity index is 1.72. The molecule has 1 N–H and O–H groups in total. The fourth-order valence-electron chi connectivity index (χ4n) is 3.38. The number of carboxylic acids is 1. The Hall–Kier alpha value is -2.45. The molecule has 0 amide bonds. The third-order valence-electron chi connectivity index (χ3n) is 5.45. The maximum Gasteiger partial charge on any atom is 0.319 e. The molecule has 0 radical (unpaired) electrons. The van der Waals surface area contributed by atoms with E-state index in [1.165, 1.54) is 34.2 Å². The zero-order valence-electron chi connectivity index (χ0n) is 20.6. The van der Waals surface area contributed by atoms with Crippen LogP contribution in [0.25, 0.3) is 0 Å². The average molecular weight is 499 g/mol. The first-order chi connectivity index (χ1) is 16.2. The van der Waals surface area contributed by atoms with Crippen LogP contribution in [-0.2, 0) is 30.6 Å². The molecule has 0 atom stereocenters. The predicted molar refractivity (Wildman–Crippen MR) is 141 cm³/mol. The van der Waals surface area contributed by atoms with Crippen LogP contribution in [0.15, 0.2) is 46.4 Å². The van der Waals surface area contributed by atoms with E-state index in [-0.39, 0.29) is 0 Å². The standard InChI is InChI=1S/C26H34N4O2S2/c1-6-19-14-27-24(28-15-19)30(16-21-9-7-20(8-10-21)13-18(2)3)12-11-22-17-33-25(29-22)34-26(4,5)23(31)32/h7-10,14-15,17-18H,6,11-13,16H2,1-5H3,(H,31,32). The van der Waals surface area contributed by atoms with Crippen LogP contribution in [0.5, 0.6) is 0 Å². The van der Waals surface area contributed by atoms with E-state index in [0.29, 0.717) is 18.4 Å². The largest absolute Gasteiger partial charge is 0.480 e. The van der Waals surface area contributed by atoms with Crippen LogP contribution in [0, 0.1) is 5.92 Å². The number of aromatic nitrogens is 3. The number of aryl methyl sites for hydroxylation is 1. The summed E-state index contributed by atoms with van der Waals surface area (Å²) in [6.07, 6.45) is 6.51. The highest BCUT2D eigenvalue weighted by molar-refractivity contribution is 8.02. The lowest BCUT2D eigenvalue weighted by atomic mass is 10.0. The van der Waals surface area contributed by atoms with Crippen molar-refractivity contribution in [1.82, 2.24) is 15.0 Å². The molecule has 0 aliphatic rings. The van der Waals surface area contributed by atoms with Gasteiger partial charge in [0.05, 0.1) is 5.69 Å². The minimum atomic E-state index is -0.905. The molecule has 2 aromatic heterocycles. The van der Waals surface area contributed by atoms with Crippen molar-refractivity contribution in [3.8, 4) is 0 Å². The van der Waals surface area contributed by atoms with Crippen LogP contribution in [-0.4, -0.2) is 37.3 Å². The molecule has 0 bridgehead atoms. The van der Waals surface area contributed by atoms with Gasteiger partial charge in [-0.1, -0.05) is 56.8 Å². The van der Waals surface area contributed by atoms with Crippen molar-refractivity contribution >= 4 is 35.0 Å². The van der Waals surface area contributed by atoms with Crippen LogP contribution in [0.1, 0.15) is 57.0 Å². The van der Waals surface area contributed by atoms with Gasteiger partial charge in [-0.3, -0.25) is 4.79 Å². The SMILES string of the molecule is CCc1cnc(N(CCc2csc(SC(C)(C)C(=O)O)n2)Cc2ccc(CC(C)C)cc2)nc1. The van der Waals surface area contributed by atoms with Gasteiger partial charge in [-0.2, -0.15) is 0 Å². The third kappa shape index (κ3) is 7.53. The Bertz CT molecular complexity index is 1060. The van der Waals surface area contributed by atoms with E-state index in [4.69, 9.17) is 0 Å². The molecule has 0 aliphatic carbocycles. The molecular weight excluding hydrogens is 464 g/mol. The lowest BCUT2D eigenvalue weighted by Gasteiger charge is -2.23. The minimum absolute atomic E-state index is 0.634. The van der Waals surface area contributed by atoms with Gasteiger partial charge < -0.3 is 10.0 Å². The van der Waals surface area contributed by atoms with Gasteiger partial charge in [0.2, 0.25) is 5.95 Å². The Morgan fingerprint density at radius 2 is 1.76 bits per heavy atom. The molecule has 3 aromatic rings. The van der Waals surface area contributed by atoms with Crippen molar-refractivity contribution < 1.29 is 9.90 Å². The molecule has 8 heteroatoms. The zero-order chi connectivity index (χ0) is 24.7. The molecule has 0 saturated carbocycles. The molecule has 3 rings (SSSR count). The van der Waals surface area contributed by atoms with Crippen molar-refractivity contribution in [2.45, 2.75) is 69.5 Å². The number of carboxylic acid groups (broad SMARTS) is 1. The molecule has 1 aromatic carbocycles.